The normalized spacial score (nSPS) is 17.9. The number of fused-ring (bicyclic) bond motifs is 1. The second-order valence-corrected chi connectivity index (χ2v) is 7.50. The Kier molecular flexibility index (Phi) is 4.36. The van der Waals surface area contributed by atoms with Crippen molar-refractivity contribution in [3.05, 3.63) is 99.5 Å². The summed E-state index contributed by atoms with van der Waals surface area (Å²) in [5.41, 5.74) is 4.52. The van der Waals surface area contributed by atoms with Gasteiger partial charge in [0, 0.05) is 15.6 Å². The summed E-state index contributed by atoms with van der Waals surface area (Å²) < 4.78 is 0. The van der Waals surface area contributed by atoms with Crippen molar-refractivity contribution in [3.63, 3.8) is 0 Å². The second-order valence-electron chi connectivity index (χ2n) is 5.53. The third-order valence-electron chi connectivity index (χ3n) is 3.92. The standard InChI is InChI=1S/C20H13Cl2NS/c21-14-6-9-16(10-7-14)23-20-17-11-8-15(22)12-18(17)19(24-20)13-4-2-1-3-5-13/h1-12,19H. The molecule has 24 heavy (non-hydrogen) atoms. The van der Waals surface area contributed by atoms with Crippen molar-refractivity contribution < 1.29 is 0 Å². The van der Waals surface area contributed by atoms with E-state index in [-0.39, 0.29) is 5.25 Å². The van der Waals surface area contributed by atoms with Crippen LogP contribution in [0.3, 0.4) is 0 Å². The van der Waals surface area contributed by atoms with Crippen molar-refractivity contribution in [2.75, 3.05) is 0 Å². The van der Waals surface area contributed by atoms with Crippen molar-refractivity contribution in [1.29, 1.82) is 0 Å². The summed E-state index contributed by atoms with van der Waals surface area (Å²) in [6.45, 7) is 0. The van der Waals surface area contributed by atoms with Gasteiger partial charge < -0.3 is 0 Å². The zero-order valence-corrected chi connectivity index (χ0v) is 14.9. The van der Waals surface area contributed by atoms with Crippen molar-refractivity contribution in [3.8, 4) is 0 Å². The zero-order valence-electron chi connectivity index (χ0n) is 12.6. The molecule has 1 aliphatic heterocycles. The fraction of sp³-hybridized carbons (Fsp3) is 0.0500. The van der Waals surface area contributed by atoms with Crippen LogP contribution in [-0.2, 0) is 0 Å². The quantitative estimate of drug-likeness (QED) is 0.477. The van der Waals surface area contributed by atoms with Gasteiger partial charge in [0.1, 0.15) is 5.04 Å². The molecule has 1 atom stereocenters. The van der Waals surface area contributed by atoms with E-state index in [1.807, 2.05) is 42.5 Å². The molecule has 0 fully saturated rings. The topological polar surface area (TPSA) is 12.4 Å². The van der Waals surface area contributed by atoms with E-state index in [1.54, 1.807) is 11.8 Å². The van der Waals surface area contributed by atoms with Crippen LogP contribution in [-0.4, -0.2) is 5.04 Å². The molecule has 0 aromatic heterocycles. The van der Waals surface area contributed by atoms with Gasteiger partial charge in [-0.3, -0.25) is 0 Å². The number of benzene rings is 3. The Bertz CT molecular complexity index is 905. The minimum atomic E-state index is 0.214. The molecule has 0 N–H and O–H groups in total. The van der Waals surface area contributed by atoms with Gasteiger partial charge in [-0.1, -0.05) is 71.4 Å². The minimum Gasteiger partial charge on any atom is -0.241 e. The van der Waals surface area contributed by atoms with Gasteiger partial charge in [0.05, 0.1) is 10.9 Å². The van der Waals surface area contributed by atoms with Gasteiger partial charge >= 0.3 is 0 Å². The number of aliphatic imine (C=N–C) groups is 1. The van der Waals surface area contributed by atoms with E-state index in [0.717, 1.165) is 21.3 Å². The summed E-state index contributed by atoms with van der Waals surface area (Å²) in [5, 5.41) is 2.69. The number of halogens is 2. The Labute approximate surface area is 155 Å². The first-order valence-electron chi connectivity index (χ1n) is 7.56. The first-order chi connectivity index (χ1) is 11.7. The van der Waals surface area contributed by atoms with E-state index in [1.165, 1.54) is 11.1 Å². The molecule has 3 aromatic rings. The van der Waals surface area contributed by atoms with Gasteiger partial charge in [-0.15, -0.1) is 0 Å². The predicted molar refractivity (Wildman–Crippen MR) is 105 cm³/mol. The summed E-state index contributed by atoms with van der Waals surface area (Å²) in [5.74, 6) is 0. The Morgan fingerprint density at radius 2 is 1.50 bits per heavy atom. The van der Waals surface area contributed by atoms with Crippen LogP contribution >= 0.6 is 35.0 Å². The Morgan fingerprint density at radius 3 is 2.25 bits per heavy atom. The van der Waals surface area contributed by atoms with Gasteiger partial charge in [-0.05, 0) is 47.5 Å². The van der Waals surface area contributed by atoms with Gasteiger partial charge in [0.25, 0.3) is 0 Å². The maximum atomic E-state index is 6.24. The highest BCUT2D eigenvalue weighted by Crippen LogP contribution is 2.47. The van der Waals surface area contributed by atoms with Crippen LogP contribution in [0.25, 0.3) is 0 Å². The molecule has 3 aromatic carbocycles. The van der Waals surface area contributed by atoms with Crippen LogP contribution in [0, 0.1) is 0 Å². The fourth-order valence-corrected chi connectivity index (χ4v) is 4.39. The molecule has 0 saturated carbocycles. The molecule has 4 rings (SSSR count). The van der Waals surface area contributed by atoms with E-state index >= 15 is 0 Å². The molecule has 0 saturated heterocycles. The van der Waals surface area contributed by atoms with E-state index < -0.39 is 0 Å². The average molecular weight is 370 g/mol. The largest absolute Gasteiger partial charge is 0.241 e. The van der Waals surface area contributed by atoms with Crippen LogP contribution in [0.15, 0.2) is 77.8 Å². The molecular weight excluding hydrogens is 357 g/mol. The van der Waals surface area contributed by atoms with Crippen LogP contribution in [0.2, 0.25) is 10.0 Å². The highest BCUT2D eigenvalue weighted by Gasteiger charge is 2.30. The number of hydrogen-bond acceptors (Lipinski definition) is 2. The fourth-order valence-electron chi connectivity index (χ4n) is 2.78. The summed E-state index contributed by atoms with van der Waals surface area (Å²) in [4.78, 5) is 4.82. The lowest BCUT2D eigenvalue weighted by atomic mass is 10.00. The summed E-state index contributed by atoms with van der Waals surface area (Å²) in [6.07, 6.45) is 0. The maximum absolute atomic E-state index is 6.24. The second kappa shape index (κ2) is 6.64. The number of thioether (sulfide) groups is 1. The van der Waals surface area contributed by atoms with Crippen LogP contribution in [0.4, 0.5) is 5.69 Å². The molecule has 118 valence electrons. The lowest BCUT2D eigenvalue weighted by Crippen LogP contribution is -1.92. The number of hydrogen-bond donors (Lipinski definition) is 0. The predicted octanol–water partition coefficient (Wildman–Crippen LogP) is 6.91. The smallest absolute Gasteiger partial charge is 0.105 e. The molecular formula is C20H13Cl2NS. The summed E-state index contributed by atoms with van der Waals surface area (Å²) in [7, 11) is 0. The van der Waals surface area contributed by atoms with Crippen molar-refractivity contribution in [2.24, 2.45) is 4.99 Å². The molecule has 1 unspecified atom stereocenters. The minimum absolute atomic E-state index is 0.214. The van der Waals surface area contributed by atoms with E-state index in [4.69, 9.17) is 28.2 Å². The highest BCUT2D eigenvalue weighted by atomic mass is 35.5. The third-order valence-corrected chi connectivity index (χ3v) is 5.70. The molecule has 1 aliphatic rings. The van der Waals surface area contributed by atoms with E-state index in [2.05, 4.69) is 30.3 Å². The lowest BCUT2D eigenvalue weighted by molar-refractivity contribution is 1.17. The molecule has 0 aliphatic carbocycles. The number of rotatable bonds is 2. The molecule has 0 bridgehead atoms. The molecule has 4 heteroatoms. The molecule has 0 amide bonds. The SMILES string of the molecule is Clc1ccc(N=C2SC(c3ccccc3)c3cc(Cl)ccc32)cc1. The molecule has 0 spiro atoms. The third kappa shape index (κ3) is 3.10. The maximum Gasteiger partial charge on any atom is 0.105 e. The first-order valence-corrected chi connectivity index (χ1v) is 9.20. The van der Waals surface area contributed by atoms with Gasteiger partial charge in [-0.2, -0.15) is 0 Å². The van der Waals surface area contributed by atoms with E-state index in [9.17, 15) is 0 Å². The van der Waals surface area contributed by atoms with Gasteiger partial charge in [-0.25, -0.2) is 4.99 Å². The van der Waals surface area contributed by atoms with Crippen molar-refractivity contribution in [1.82, 2.24) is 0 Å². The lowest BCUT2D eigenvalue weighted by Gasteiger charge is -2.10. The highest BCUT2D eigenvalue weighted by molar-refractivity contribution is 8.15. The zero-order chi connectivity index (χ0) is 16.5. The Hall–Kier alpha value is -1.74. The molecule has 1 nitrogen and oxygen atoms in total. The Morgan fingerprint density at radius 1 is 0.792 bits per heavy atom. The van der Waals surface area contributed by atoms with Crippen LogP contribution < -0.4 is 0 Å². The van der Waals surface area contributed by atoms with Crippen molar-refractivity contribution >= 4 is 45.7 Å². The summed E-state index contributed by atoms with van der Waals surface area (Å²) >= 11 is 14.0. The van der Waals surface area contributed by atoms with Gasteiger partial charge in [0.15, 0.2) is 0 Å². The monoisotopic (exact) mass is 369 g/mol. The number of nitrogens with zero attached hydrogens (tertiary/aromatic N) is 1. The first kappa shape index (κ1) is 15.8. The van der Waals surface area contributed by atoms with Crippen LogP contribution in [0.5, 0.6) is 0 Å². The van der Waals surface area contributed by atoms with Gasteiger partial charge in [0.2, 0.25) is 0 Å². The van der Waals surface area contributed by atoms with E-state index in [0.29, 0.717) is 5.02 Å². The Balaban J connectivity index is 1.80. The molecule has 0 radical (unpaired) electrons. The average Bonchev–Trinajstić information content (AvgIpc) is 2.95. The van der Waals surface area contributed by atoms with Crippen LogP contribution in [0.1, 0.15) is 21.9 Å². The molecule has 1 heterocycles. The van der Waals surface area contributed by atoms with Crippen molar-refractivity contribution in [2.45, 2.75) is 5.25 Å². The summed E-state index contributed by atoms with van der Waals surface area (Å²) in [6, 6.07) is 24.1.